The lowest BCUT2D eigenvalue weighted by molar-refractivity contribution is 0.622. The minimum absolute atomic E-state index is 0.1000. The van der Waals surface area contributed by atoms with E-state index in [1.165, 1.54) is 18.9 Å². The molecule has 1 aromatic heterocycles. The number of nitrogens with zero attached hydrogens (tertiary/aromatic N) is 2. The quantitative estimate of drug-likeness (QED) is 0.641. The Hall–Kier alpha value is -2.17. The largest absolute Gasteiger partial charge is 0.384 e. The standard InChI is InChI=1S/C13H13FN4/c14-9-2-1-3-11(12(9)13(15)16)18-7-6-10(17-18)8-4-5-8/h1-3,6-8H,4-5H2,(H3,15,16). The average Bonchev–Trinajstić information content (AvgIpc) is 3.06. The Kier molecular flexibility index (Phi) is 2.40. The number of aromatic nitrogens is 2. The van der Waals surface area contributed by atoms with E-state index in [0.717, 1.165) is 5.69 Å². The summed E-state index contributed by atoms with van der Waals surface area (Å²) in [6, 6.07) is 6.54. The highest BCUT2D eigenvalue weighted by Crippen LogP contribution is 2.39. The van der Waals surface area contributed by atoms with Crippen molar-refractivity contribution in [1.82, 2.24) is 9.78 Å². The molecule has 1 heterocycles. The van der Waals surface area contributed by atoms with Gasteiger partial charge in [-0.25, -0.2) is 9.07 Å². The van der Waals surface area contributed by atoms with Crippen LogP contribution in [0.25, 0.3) is 5.69 Å². The molecule has 3 rings (SSSR count). The van der Waals surface area contributed by atoms with E-state index >= 15 is 0 Å². The number of amidine groups is 1. The van der Waals surface area contributed by atoms with Gasteiger partial charge in [0.2, 0.25) is 0 Å². The normalized spacial score (nSPS) is 14.7. The highest BCUT2D eigenvalue weighted by Gasteiger charge is 2.26. The zero-order chi connectivity index (χ0) is 12.7. The van der Waals surface area contributed by atoms with Gasteiger partial charge in [0.25, 0.3) is 0 Å². The van der Waals surface area contributed by atoms with Gasteiger partial charge in [-0.2, -0.15) is 5.10 Å². The number of hydrogen-bond donors (Lipinski definition) is 2. The SMILES string of the molecule is N=C(N)c1c(F)cccc1-n1ccc(C2CC2)n1. The minimum atomic E-state index is -0.497. The van der Waals surface area contributed by atoms with Gasteiger partial charge in [0.05, 0.1) is 16.9 Å². The number of hydrogen-bond acceptors (Lipinski definition) is 2. The summed E-state index contributed by atoms with van der Waals surface area (Å²) >= 11 is 0. The zero-order valence-electron chi connectivity index (χ0n) is 9.73. The van der Waals surface area contributed by atoms with Crippen LogP contribution in [-0.4, -0.2) is 15.6 Å². The Morgan fingerprint density at radius 2 is 2.17 bits per heavy atom. The second kappa shape index (κ2) is 3.94. The molecule has 1 fully saturated rings. The molecule has 0 unspecified atom stereocenters. The molecule has 3 N–H and O–H groups in total. The fourth-order valence-corrected chi connectivity index (χ4v) is 2.04. The third kappa shape index (κ3) is 1.77. The third-order valence-corrected chi connectivity index (χ3v) is 3.11. The van der Waals surface area contributed by atoms with Crippen molar-refractivity contribution >= 4 is 5.84 Å². The smallest absolute Gasteiger partial charge is 0.136 e. The number of halogens is 1. The third-order valence-electron chi connectivity index (χ3n) is 3.11. The summed E-state index contributed by atoms with van der Waals surface area (Å²) < 4.78 is 15.3. The van der Waals surface area contributed by atoms with Gasteiger partial charge in [-0.15, -0.1) is 0 Å². The van der Waals surface area contributed by atoms with Gasteiger partial charge in [0, 0.05) is 12.1 Å². The maximum absolute atomic E-state index is 13.7. The summed E-state index contributed by atoms with van der Waals surface area (Å²) in [6.07, 6.45) is 4.12. The lowest BCUT2D eigenvalue weighted by Crippen LogP contribution is -2.17. The molecule has 0 amide bonds. The van der Waals surface area contributed by atoms with E-state index in [1.54, 1.807) is 23.0 Å². The van der Waals surface area contributed by atoms with Gasteiger partial charge in [-0.3, -0.25) is 5.41 Å². The van der Waals surface area contributed by atoms with Crippen molar-refractivity contribution < 1.29 is 4.39 Å². The number of nitrogens with two attached hydrogens (primary N) is 1. The van der Waals surface area contributed by atoms with Crippen molar-refractivity contribution in [3.8, 4) is 5.69 Å². The molecular weight excluding hydrogens is 231 g/mol. The number of nitrogen functional groups attached to an aromatic ring is 1. The number of nitrogens with one attached hydrogen (secondary N) is 1. The first-order valence-electron chi connectivity index (χ1n) is 5.85. The van der Waals surface area contributed by atoms with Crippen molar-refractivity contribution in [2.45, 2.75) is 18.8 Å². The first-order chi connectivity index (χ1) is 8.66. The Labute approximate surface area is 104 Å². The molecule has 0 saturated heterocycles. The Morgan fingerprint density at radius 1 is 1.39 bits per heavy atom. The van der Waals surface area contributed by atoms with Crippen LogP contribution in [0.5, 0.6) is 0 Å². The lowest BCUT2D eigenvalue weighted by atomic mass is 10.1. The van der Waals surface area contributed by atoms with Gasteiger partial charge >= 0.3 is 0 Å². The van der Waals surface area contributed by atoms with Crippen LogP contribution < -0.4 is 5.73 Å². The first kappa shape index (κ1) is 11.0. The van der Waals surface area contributed by atoms with Crippen LogP contribution >= 0.6 is 0 Å². The van der Waals surface area contributed by atoms with Crippen molar-refractivity contribution in [3.05, 3.63) is 47.5 Å². The first-order valence-corrected chi connectivity index (χ1v) is 5.85. The molecule has 0 aliphatic heterocycles. The summed E-state index contributed by atoms with van der Waals surface area (Å²) in [5.41, 5.74) is 7.06. The lowest BCUT2D eigenvalue weighted by Gasteiger charge is -2.09. The van der Waals surface area contributed by atoms with Crippen LogP contribution in [-0.2, 0) is 0 Å². The highest BCUT2D eigenvalue weighted by atomic mass is 19.1. The monoisotopic (exact) mass is 244 g/mol. The molecule has 0 spiro atoms. The van der Waals surface area contributed by atoms with Crippen molar-refractivity contribution in [2.75, 3.05) is 0 Å². The topological polar surface area (TPSA) is 67.7 Å². The average molecular weight is 244 g/mol. The highest BCUT2D eigenvalue weighted by molar-refractivity contribution is 5.98. The maximum Gasteiger partial charge on any atom is 0.136 e. The van der Waals surface area contributed by atoms with Gasteiger partial charge in [-0.1, -0.05) is 6.07 Å². The van der Waals surface area contributed by atoms with E-state index in [9.17, 15) is 4.39 Å². The molecule has 1 aliphatic rings. The second-order valence-electron chi connectivity index (χ2n) is 4.51. The summed E-state index contributed by atoms with van der Waals surface area (Å²) in [7, 11) is 0. The van der Waals surface area contributed by atoms with E-state index in [2.05, 4.69) is 5.10 Å². The molecule has 1 saturated carbocycles. The molecule has 18 heavy (non-hydrogen) atoms. The van der Waals surface area contributed by atoms with Crippen LogP contribution in [0.4, 0.5) is 4.39 Å². The van der Waals surface area contributed by atoms with E-state index in [4.69, 9.17) is 11.1 Å². The molecule has 0 bridgehead atoms. The van der Waals surface area contributed by atoms with Crippen LogP contribution in [0.1, 0.15) is 30.0 Å². The molecule has 0 atom stereocenters. The van der Waals surface area contributed by atoms with Gasteiger partial charge in [-0.05, 0) is 31.0 Å². The second-order valence-corrected chi connectivity index (χ2v) is 4.51. The van der Waals surface area contributed by atoms with Gasteiger partial charge in [0.1, 0.15) is 11.7 Å². The zero-order valence-corrected chi connectivity index (χ0v) is 9.73. The van der Waals surface area contributed by atoms with Crippen LogP contribution in [0, 0.1) is 11.2 Å². The van der Waals surface area contributed by atoms with Gasteiger partial charge < -0.3 is 5.73 Å². The Morgan fingerprint density at radius 3 is 2.83 bits per heavy atom. The summed E-state index contributed by atoms with van der Waals surface area (Å²) in [6.45, 7) is 0. The summed E-state index contributed by atoms with van der Waals surface area (Å²) in [5.74, 6) is -0.240. The Balaban J connectivity index is 2.09. The minimum Gasteiger partial charge on any atom is -0.384 e. The molecule has 5 heteroatoms. The molecular formula is C13H13FN4. The molecule has 1 aliphatic carbocycles. The predicted octanol–water partition coefficient (Wildman–Crippen LogP) is 2.17. The summed E-state index contributed by atoms with van der Waals surface area (Å²) in [5, 5.41) is 11.9. The summed E-state index contributed by atoms with van der Waals surface area (Å²) in [4.78, 5) is 0. The maximum atomic E-state index is 13.7. The Bertz CT molecular complexity index is 613. The number of rotatable bonds is 3. The van der Waals surface area contributed by atoms with Crippen molar-refractivity contribution in [2.24, 2.45) is 5.73 Å². The van der Waals surface area contributed by atoms with Crippen LogP contribution in [0.15, 0.2) is 30.5 Å². The van der Waals surface area contributed by atoms with Crippen LogP contribution in [0.2, 0.25) is 0 Å². The molecule has 1 aromatic carbocycles. The molecule has 2 aromatic rings. The molecule has 4 nitrogen and oxygen atoms in total. The molecule has 0 radical (unpaired) electrons. The number of benzene rings is 1. The predicted molar refractivity (Wildman–Crippen MR) is 66.5 cm³/mol. The van der Waals surface area contributed by atoms with E-state index in [0.29, 0.717) is 11.6 Å². The van der Waals surface area contributed by atoms with E-state index in [1.807, 2.05) is 6.07 Å². The molecule has 92 valence electrons. The fraction of sp³-hybridized carbons (Fsp3) is 0.231. The van der Waals surface area contributed by atoms with E-state index in [-0.39, 0.29) is 11.4 Å². The fourth-order valence-electron chi connectivity index (χ4n) is 2.04. The van der Waals surface area contributed by atoms with Gasteiger partial charge in [0.15, 0.2) is 0 Å². The van der Waals surface area contributed by atoms with Crippen molar-refractivity contribution in [3.63, 3.8) is 0 Å². The van der Waals surface area contributed by atoms with E-state index < -0.39 is 5.82 Å². The van der Waals surface area contributed by atoms with Crippen LogP contribution in [0.3, 0.4) is 0 Å². The van der Waals surface area contributed by atoms with Crippen molar-refractivity contribution in [1.29, 1.82) is 5.41 Å².